The Labute approximate surface area is 124 Å². The van der Waals surface area contributed by atoms with Crippen molar-refractivity contribution in [3.8, 4) is 0 Å². The number of carbonyl (C=O) groups excluding carboxylic acids is 2. The van der Waals surface area contributed by atoms with E-state index in [1.54, 1.807) is 28.9 Å². The van der Waals surface area contributed by atoms with Crippen LogP contribution in [0.4, 0.5) is 0 Å². The first-order valence-corrected chi connectivity index (χ1v) is 7.33. The van der Waals surface area contributed by atoms with Crippen molar-refractivity contribution in [3.05, 3.63) is 18.2 Å². The van der Waals surface area contributed by atoms with Gasteiger partial charge in [-0.25, -0.2) is 4.98 Å². The first kappa shape index (κ1) is 15.5. The fraction of sp³-hybridized carbons (Fsp3) is 0.643. The van der Waals surface area contributed by atoms with Gasteiger partial charge < -0.3 is 19.9 Å². The van der Waals surface area contributed by atoms with Gasteiger partial charge in [0.15, 0.2) is 0 Å². The Bertz CT molecular complexity index is 500. The summed E-state index contributed by atoms with van der Waals surface area (Å²) in [6.07, 6.45) is 4.87. The molecular weight excluding hydrogens is 272 g/mol. The van der Waals surface area contributed by atoms with Crippen molar-refractivity contribution < 1.29 is 14.3 Å². The number of piperidine rings is 1. The summed E-state index contributed by atoms with van der Waals surface area (Å²) < 4.78 is 6.83. The molecule has 1 aromatic rings. The van der Waals surface area contributed by atoms with E-state index < -0.39 is 0 Å². The lowest BCUT2D eigenvalue weighted by Crippen LogP contribution is -2.43. The van der Waals surface area contributed by atoms with Gasteiger partial charge in [0.1, 0.15) is 5.69 Å². The summed E-state index contributed by atoms with van der Waals surface area (Å²) in [5.74, 6) is -0.586. The zero-order valence-corrected chi connectivity index (χ0v) is 12.3. The molecule has 7 heteroatoms. The number of aromatic nitrogens is 2. The zero-order valence-electron chi connectivity index (χ0n) is 12.3. The normalized spacial score (nSPS) is 18.6. The number of rotatable bonds is 5. The minimum atomic E-state index is -0.228. The average molecular weight is 294 g/mol. The molecule has 0 spiro atoms. The summed E-state index contributed by atoms with van der Waals surface area (Å²) in [6.45, 7) is 4.34. The van der Waals surface area contributed by atoms with Crippen LogP contribution in [-0.2, 0) is 16.1 Å². The van der Waals surface area contributed by atoms with E-state index >= 15 is 0 Å². The number of hydrogen-bond acceptors (Lipinski definition) is 5. The Hall–Kier alpha value is -1.89. The third kappa shape index (κ3) is 3.81. The Balaban J connectivity index is 1.99. The third-order valence-electron chi connectivity index (χ3n) is 3.57. The van der Waals surface area contributed by atoms with Crippen molar-refractivity contribution in [3.63, 3.8) is 0 Å². The van der Waals surface area contributed by atoms with Gasteiger partial charge in [0.05, 0.1) is 18.9 Å². The van der Waals surface area contributed by atoms with Gasteiger partial charge in [-0.2, -0.15) is 0 Å². The summed E-state index contributed by atoms with van der Waals surface area (Å²) in [6, 6.07) is 0. The fourth-order valence-electron chi connectivity index (χ4n) is 2.52. The molecule has 21 heavy (non-hydrogen) atoms. The molecule has 1 aromatic heterocycles. The molecule has 2 N–H and O–H groups in total. The fourth-order valence-corrected chi connectivity index (χ4v) is 2.52. The maximum absolute atomic E-state index is 12.4. The Morgan fingerprint density at radius 2 is 2.33 bits per heavy atom. The first-order chi connectivity index (χ1) is 10.2. The molecule has 1 aliphatic rings. The quantitative estimate of drug-likeness (QED) is 0.787. The molecule has 2 rings (SSSR count). The minimum Gasteiger partial charge on any atom is -0.466 e. The standard InChI is InChI=1S/C14H22N4O3/c1-2-21-14(20)11-4-3-6-18(8-11)13(19)12-9-17(7-5-15)10-16-12/h9-11H,2-8,15H2,1H3. The van der Waals surface area contributed by atoms with Gasteiger partial charge in [-0.3, -0.25) is 9.59 Å². The van der Waals surface area contributed by atoms with Crippen LogP contribution in [0.1, 0.15) is 30.3 Å². The number of esters is 1. The van der Waals surface area contributed by atoms with Crippen molar-refractivity contribution in [1.82, 2.24) is 14.5 Å². The summed E-state index contributed by atoms with van der Waals surface area (Å²) >= 11 is 0. The second kappa shape index (κ2) is 7.21. The highest BCUT2D eigenvalue weighted by Crippen LogP contribution is 2.19. The maximum atomic E-state index is 12.4. The minimum absolute atomic E-state index is 0.139. The number of carbonyl (C=O) groups is 2. The second-order valence-corrected chi connectivity index (χ2v) is 5.13. The van der Waals surface area contributed by atoms with Crippen LogP contribution >= 0.6 is 0 Å². The monoisotopic (exact) mass is 294 g/mol. The maximum Gasteiger partial charge on any atom is 0.310 e. The molecule has 1 saturated heterocycles. The number of likely N-dealkylation sites (tertiary alicyclic amines) is 1. The SMILES string of the molecule is CCOC(=O)C1CCCN(C(=O)c2cn(CCN)cn2)C1. The Morgan fingerprint density at radius 3 is 3.05 bits per heavy atom. The molecule has 7 nitrogen and oxygen atoms in total. The van der Waals surface area contributed by atoms with Gasteiger partial charge in [0, 0.05) is 32.4 Å². The highest BCUT2D eigenvalue weighted by atomic mass is 16.5. The van der Waals surface area contributed by atoms with Crippen molar-refractivity contribution in [1.29, 1.82) is 0 Å². The van der Waals surface area contributed by atoms with E-state index in [1.807, 2.05) is 0 Å². The van der Waals surface area contributed by atoms with E-state index in [9.17, 15) is 9.59 Å². The molecule has 1 aliphatic heterocycles. The van der Waals surface area contributed by atoms with Gasteiger partial charge in [-0.05, 0) is 19.8 Å². The van der Waals surface area contributed by atoms with Crippen LogP contribution in [0.15, 0.2) is 12.5 Å². The smallest absolute Gasteiger partial charge is 0.310 e. The lowest BCUT2D eigenvalue weighted by molar-refractivity contribution is -0.149. The molecule has 1 fully saturated rings. The lowest BCUT2D eigenvalue weighted by Gasteiger charge is -2.31. The molecule has 0 aromatic carbocycles. The molecule has 0 aliphatic carbocycles. The van der Waals surface area contributed by atoms with Crippen molar-refractivity contribution in [2.75, 3.05) is 26.2 Å². The molecule has 0 bridgehead atoms. The number of nitrogens with zero attached hydrogens (tertiary/aromatic N) is 3. The number of nitrogens with two attached hydrogens (primary N) is 1. The number of hydrogen-bond donors (Lipinski definition) is 1. The molecule has 1 amide bonds. The highest BCUT2D eigenvalue weighted by molar-refractivity contribution is 5.92. The van der Waals surface area contributed by atoms with Gasteiger partial charge in [0.2, 0.25) is 0 Å². The van der Waals surface area contributed by atoms with E-state index in [0.29, 0.717) is 38.5 Å². The number of ether oxygens (including phenoxy) is 1. The summed E-state index contributed by atoms with van der Waals surface area (Å²) in [5.41, 5.74) is 5.87. The summed E-state index contributed by atoms with van der Waals surface area (Å²) in [5, 5.41) is 0. The third-order valence-corrected chi connectivity index (χ3v) is 3.57. The first-order valence-electron chi connectivity index (χ1n) is 7.33. The van der Waals surface area contributed by atoms with Gasteiger partial charge in [0.25, 0.3) is 5.91 Å². The van der Waals surface area contributed by atoms with Crippen LogP contribution in [-0.4, -0.2) is 52.6 Å². The number of amides is 1. The average Bonchev–Trinajstić information content (AvgIpc) is 2.96. The van der Waals surface area contributed by atoms with Crippen molar-refractivity contribution in [2.45, 2.75) is 26.3 Å². The zero-order chi connectivity index (χ0) is 15.2. The van der Waals surface area contributed by atoms with Crippen LogP contribution in [0.3, 0.4) is 0 Å². The predicted molar refractivity (Wildman–Crippen MR) is 76.5 cm³/mol. The number of imidazole rings is 1. The van der Waals surface area contributed by atoms with Crippen LogP contribution in [0.25, 0.3) is 0 Å². The molecule has 0 radical (unpaired) electrons. The van der Waals surface area contributed by atoms with Crippen LogP contribution in [0.2, 0.25) is 0 Å². The van der Waals surface area contributed by atoms with E-state index in [0.717, 1.165) is 12.8 Å². The largest absolute Gasteiger partial charge is 0.466 e. The van der Waals surface area contributed by atoms with E-state index in [-0.39, 0.29) is 17.8 Å². The summed E-state index contributed by atoms with van der Waals surface area (Å²) in [4.78, 5) is 30.0. The van der Waals surface area contributed by atoms with E-state index in [2.05, 4.69) is 4.98 Å². The van der Waals surface area contributed by atoms with E-state index in [1.165, 1.54) is 0 Å². The molecule has 0 saturated carbocycles. The highest BCUT2D eigenvalue weighted by Gasteiger charge is 2.30. The lowest BCUT2D eigenvalue weighted by atomic mass is 9.98. The van der Waals surface area contributed by atoms with Crippen molar-refractivity contribution in [2.24, 2.45) is 11.7 Å². The Morgan fingerprint density at radius 1 is 1.52 bits per heavy atom. The van der Waals surface area contributed by atoms with Crippen LogP contribution < -0.4 is 5.73 Å². The topological polar surface area (TPSA) is 90.5 Å². The molecule has 116 valence electrons. The van der Waals surface area contributed by atoms with E-state index in [4.69, 9.17) is 10.5 Å². The predicted octanol–water partition coefficient (Wildman–Crippen LogP) is 0.257. The van der Waals surface area contributed by atoms with Crippen molar-refractivity contribution >= 4 is 11.9 Å². The van der Waals surface area contributed by atoms with Crippen LogP contribution in [0, 0.1) is 5.92 Å². The summed E-state index contributed by atoms with van der Waals surface area (Å²) in [7, 11) is 0. The Kier molecular flexibility index (Phi) is 5.32. The van der Waals surface area contributed by atoms with Gasteiger partial charge in [-0.15, -0.1) is 0 Å². The van der Waals surface area contributed by atoms with Gasteiger partial charge in [-0.1, -0.05) is 0 Å². The molecule has 2 heterocycles. The molecule has 1 unspecified atom stereocenters. The molecule has 1 atom stereocenters. The van der Waals surface area contributed by atoms with Crippen LogP contribution in [0.5, 0.6) is 0 Å². The van der Waals surface area contributed by atoms with Gasteiger partial charge >= 0.3 is 5.97 Å². The molecular formula is C14H22N4O3. The second-order valence-electron chi connectivity index (χ2n) is 5.13.